The summed E-state index contributed by atoms with van der Waals surface area (Å²) < 4.78 is 5.30. The molecule has 0 aliphatic heterocycles. The van der Waals surface area contributed by atoms with Gasteiger partial charge in [-0.25, -0.2) is 9.97 Å². The van der Waals surface area contributed by atoms with E-state index >= 15 is 0 Å². The minimum atomic E-state index is 0.441. The highest BCUT2D eigenvalue weighted by Crippen LogP contribution is 2.07. The van der Waals surface area contributed by atoms with Crippen LogP contribution in [0.2, 0.25) is 0 Å². The first-order chi connectivity index (χ1) is 5.83. The third-order valence-electron chi connectivity index (χ3n) is 1.41. The second-order valence-corrected chi connectivity index (χ2v) is 2.48. The molecule has 4 nitrogen and oxygen atoms in total. The maximum absolute atomic E-state index is 5.43. The van der Waals surface area contributed by atoms with Crippen LogP contribution < -0.4 is 10.5 Å². The van der Waals surface area contributed by atoms with Crippen LogP contribution in [0.15, 0.2) is 12.4 Å². The lowest BCUT2D eigenvalue weighted by Crippen LogP contribution is -2.00. The minimum Gasteiger partial charge on any atom is -0.478 e. The summed E-state index contributed by atoms with van der Waals surface area (Å²) in [6.07, 6.45) is 3.54. The van der Waals surface area contributed by atoms with Crippen LogP contribution in [0.4, 0.5) is 5.82 Å². The van der Waals surface area contributed by atoms with Crippen LogP contribution in [0.5, 0.6) is 5.88 Å². The van der Waals surface area contributed by atoms with E-state index in [2.05, 4.69) is 16.9 Å². The van der Waals surface area contributed by atoms with Gasteiger partial charge in [0.25, 0.3) is 0 Å². The number of aromatic nitrogens is 2. The molecule has 1 heterocycles. The average molecular weight is 167 g/mol. The Hall–Kier alpha value is -1.32. The zero-order chi connectivity index (χ0) is 8.81. The minimum absolute atomic E-state index is 0.441. The van der Waals surface area contributed by atoms with E-state index in [1.54, 1.807) is 6.07 Å². The summed E-state index contributed by atoms with van der Waals surface area (Å²) in [5.74, 6) is 0.993. The van der Waals surface area contributed by atoms with E-state index < -0.39 is 0 Å². The molecule has 0 radical (unpaired) electrons. The molecule has 0 saturated carbocycles. The van der Waals surface area contributed by atoms with Crippen LogP contribution in [0.25, 0.3) is 0 Å². The fourth-order valence-electron chi connectivity index (χ4n) is 0.753. The Morgan fingerprint density at radius 1 is 1.50 bits per heavy atom. The average Bonchev–Trinajstić information content (AvgIpc) is 2.05. The fraction of sp³-hybridized carbons (Fsp3) is 0.500. The third kappa shape index (κ3) is 2.74. The van der Waals surface area contributed by atoms with E-state index in [-0.39, 0.29) is 0 Å². The largest absolute Gasteiger partial charge is 0.478 e. The molecule has 0 aliphatic carbocycles. The number of ether oxygens (including phenoxy) is 1. The molecule has 1 aromatic heterocycles. The molecular formula is C8H13N3O. The predicted molar refractivity (Wildman–Crippen MR) is 46.8 cm³/mol. The quantitative estimate of drug-likeness (QED) is 0.685. The molecule has 0 spiro atoms. The van der Waals surface area contributed by atoms with Gasteiger partial charge in [-0.2, -0.15) is 0 Å². The normalized spacial score (nSPS) is 9.75. The number of unbranched alkanes of at least 4 members (excludes halogenated alkanes) is 1. The predicted octanol–water partition coefficient (Wildman–Crippen LogP) is 1.24. The van der Waals surface area contributed by atoms with Gasteiger partial charge in [0.1, 0.15) is 12.1 Å². The van der Waals surface area contributed by atoms with Crippen molar-refractivity contribution in [1.29, 1.82) is 0 Å². The molecular weight excluding hydrogens is 154 g/mol. The van der Waals surface area contributed by atoms with Gasteiger partial charge in [0.15, 0.2) is 0 Å². The Bertz CT molecular complexity index is 239. The van der Waals surface area contributed by atoms with Crippen LogP contribution in [0.3, 0.4) is 0 Å². The molecule has 0 aromatic carbocycles. The second-order valence-electron chi connectivity index (χ2n) is 2.48. The lowest BCUT2D eigenvalue weighted by atomic mass is 10.4. The first kappa shape index (κ1) is 8.77. The summed E-state index contributed by atoms with van der Waals surface area (Å²) in [6.45, 7) is 2.80. The molecule has 0 fully saturated rings. The van der Waals surface area contributed by atoms with E-state index in [1.165, 1.54) is 6.33 Å². The molecule has 2 N–H and O–H groups in total. The van der Waals surface area contributed by atoms with Gasteiger partial charge in [0.2, 0.25) is 5.88 Å². The molecule has 0 unspecified atom stereocenters. The first-order valence-corrected chi connectivity index (χ1v) is 4.03. The van der Waals surface area contributed by atoms with E-state index in [0.717, 1.165) is 12.8 Å². The van der Waals surface area contributed by atoms with Gasteiger partial charge < -0.3 is 10.5 Å². The van der Waals surface area contributed by atoms with E-state index in [0.29, 0.717) is 18.3 Å². The summed E-state index contributed by atoms with van der Waals surface area (Å²) in [5.41, 5.74) is 5.43. The van der Waals surface area contributed by atoms with Crippen molar-refractivity contribution in [3.8, 4) is 5.88 Å². The lowest BCUT2D eigenvalue weighted by Gasteiger charge is -2.02. The maximum atomic E-state index is 5.43. The highest BCUT2D eigenvalue weighted by molar-refractivity contribution is 5.30. The van der Waals surface area contributed by atoms with Gasteiger partial charge in [0, 0.05) is 6.07 Å². The molecule has 0 atom stereocenters. The highest BCUT2D eigenvalue weighted by Gasteiger charge is 1.94. The molecule has 0 amide bonds. The van der Waals surface area contributed by atoms with Crippen LogP contribution >= 0.6 is 0 Å². The van der Waals surface area contributed by atoms with Crippen molar-refractivity contribution in [3.05, 3.63) is 12.4 Å². The summed E-state index contributed by atoms with van der Waals surface area (Å²) >= 11 is 0. The molecule has 4 heteroatoms. The van der Waals surface area contributed by atoms with Crippen LogP contribution in [-0.4, -0.2) is 16.6 Å². The van der Waals surface area contributed by atoms with Crippen molar-refractivity contribution in [1.82, 2.24) is 9.97 Å². The van der Waals surface area contributed by atoms with Gasteiger partial charge >= 0.3 is 0 Å². The Kier molecular flexibility index (Phi) is 3.32. The smallest absolute Gasteiger partial charge is 0.218 e. The standard InChI is InChI=1S/C8H13N3O/c1-2-3-4-12-8-5-7(9)10-6-11-8/h5-6H,2-4H2,1H3,(H2,9,10,11). The molecule has 0 aliphatic rings. The second kappa shape index (κ2) is 4.54. The van der Waals surface area contributed by atoms with Crippen molar-refractivity contribution in [2.75, 3.05) is 12.3 Å². The number of hydrogen-bond donors (Lipinski definition) is 1. The Morgan fingerprint density at radius 3 is 3.00 bits per heavy atom. The highest BCUT2D eigenvalue weighted by atomic mass is 16.5. The molecule has 12 heavy (non-hydrogen) atoms. The van der Waals surface area contributed by atoms with Crippen molar-refractivity contribution >= 4 is 5.82 Å². The molecule has 0 saturated heterocycles. The summed E-state index contributed by atoms with van der Waals surface area (Å²) in [6, 6.07) is 1.62. The summed E-state index contributed by atoms with van der Waals surface area (Å²) in [4.78, 5) is 7.65. The zero-order valence-electron chi connectivity index (χ0n) is 7.16. The number of nitrogens with two attached hydrogens (primary N) is 1. The first-order valence-electron chi connectivity index (χ1n) is 4.03. The van der Waals surface area contributed by atoms with Crippen LogP contribution in [0, 0.1) is 0 Å². The Labute approximate surface area is 71.8 Å². The number of anilines is 1. The molecule has 66 valence electrons. The lowest BCUT2D eigenvalue weighted by molar-refractivity contribution is 0.297. The van der Waals surface area contributed by atoms with Gasteiger partial charge in [-0.1, -0.05) is 13.3 Å². The maximum Gasteiger partial charge on any atom is 0.218 e. The van der Waals surface area contributed by atoms with Crippen LogP contribution in [0.1, 0.15) is 19.8 Å². The summed E-state index contributed by atoms with van der Waals surface area (Å²) in [7, 11) is 0. The van der Waals surface area contributed by atoms with Crippen molar-refractivity contribution < 1.29 is 4.74 Å². The topological polar surface area (TPSA) is 61.0 Å². The SMILES string of the molecule is CCCCOc1cc(N)ncn1. The van der Waals surface area contributed by atoms with Crippen molar-refractivity contribution in [3.63, 3.8) is 0 Å². The Morgan fingerprint density at radius 2 is 2.33 bits per heavy atom. The number of rotatable bonds is 4. The van der Waals surface area contributed by atoms with E-state index in [9.17, 15) is 0 Å². The van der Waals surface area contributed by atoms with Gasteiger partial charge in [-0.05, 0) is 6.42 Å². The van der Waals surface area contributed by atoms with Gasteiger partial charge in [-0.3, -0.25) is 0 Å². The molecule has 1 aromatic rings. The zero-order valence-corrected chi connectivity index (χ0v) is 7.16. The van der Waals surface area contributed by atoms with Crippen molar-refractivity contribution in [2.45, 2.75) is 19.8 Å². The number of nitrogen functional groups attached to an aromatic ring is 1. The number of nitrogens with zero attached hydrogens (tertiary/aromatic N) is 2. The van der Waals surface area contributed by atoms with Crippen LogP contribution in [-0.2, 0) is 0 Å². The monoisotopic (exact) mass is 167 g/mol. The fourth-order valence-corrected chi connectivity index (χ4v) is 0.753. The van der Waals surface area contributed by atoms with Gasteiger partial charge in [0.05, 0.1) is 6.61 Å². The van der Waals surface area contributed by atoms with E-state index in [4.69, 9.17) is 10.5 Å². The van der Waals surface area contributed by atoms with E-state index in [1.807, 2.05) is 0 Å². The third-order valence-corrected chi connectivity index (χ3v) is 1.41. The Balaban J connectivity index is 2.41. The number of hydrogen-bond acceptors (Lipinski definition) is 4. The van der Waals surface area contributed by atoms with Crippen molar-refractivity contribution in [2.24, 2.45) is 0 Å². The molecule has 0 bridgehead atoms. The van der Waals surface area contributed by atoms with Gasteiger partial charge in [-0.15, -0.1) is 0 Å². The summed E-state index contributed by atoms with van der Waals surface area (Å²) in [5, 5.41) is 0. The molecule has 1 rings (SSSR count).